The zero-order chi connectivity index (χ0) is 22.5. The molecule has 1 atom stereocenters. The molecule has 4 aromatic rings. The molecule has 0 aliphatic rings. The maximum atomic E-state index is 10.9. The van der Waals surface area contributed by atoms with Gasteiger partial charge in [0, 0.05) is 18.2 Å². The van der Waals surface area contributed by atoms with Crippen LogP contribution in [0.3, 0.4) is 0 Å². The molecule has 0 saturated heterocycles. The minimum absolute atomic E-state index is 0.259. The van der Waals surface area contributed by atoms with Gasteiger partial charge in [-0.05, 0) is 34.7 Å². The number of carbonyl (C=O) groups is 1. The number of fused-ring (bicyclic) bond motifs is 1. The Morgan fingerprint density at radius 1 is 0.938 bits per heavy atom. The minimum atomic E-state index is -1.02. The molecule has 0 aliphatic heterocycles. The van der Waals surface area contributed by atoms with Gasteiger partial charge in [-0.2, -0.15) is 0 Å². The average molecular weight is 428 g/mol. The number of nitrogens with one attached hydrogen (secondary N) is 1. The fourth-order valence-corrected chi connectivity index (χ4v) is 3.55. The molecule has 1 unspecified atom stereocenters. The Labute approximate surface area is 186 Å². The van der Waals surface area contributed by atoms with E-state index in [-0.39, 0.29) is 6.42 Å². The Bertz CT molecular complexity index is 1240. The lowest BCUT2D eigenvalue weighted by Crippen LogP contribution is -2.32. The zero-order valence-electron chi connectivity index (χ0n) is 17.5. The average Bonchev–Trinajstić information content (AvgIpc) is 2.79. The summed E-state index contributed by atoms with van der Waals surface area (Å²) in [4.78, 5) is 19.8. The minimum Gasteiger partial charge on any atom is -0.480 e. The highest BCUT2D eigenvalue weighted by Gasteiger charge is 2.12. The summed E-state index contributed by atoms with van der Waals surface area (Å²) in [5.41, 5.74) is 14.5. The van der Waals surface area contributed by atoms with Crippen LogP contribution >= 0.6 is 0 Å². The van der Waals surface area contributed by atoms with Crippen molar-refractivity contribution in [3.63, 3.8) is 0 Å². The molecule has 0 bridgehead atoms. The molecule has 7 nitrogen and oxygen atoms in total. The monoisotopic (exact) mass is 427 g/mol. The molecule has 0 aliphatic carbocycles. The van der Waals surface area contributed by atoms with E-state index in [0.29, 0.717) is 24.0 Å². The highest BCUT2D eigenvalue weighted by molar-refractivity contribution is 5.83. The summed E-state index contributed by atoms with van der Waals surface area (Å²) in [6.45, 7) is 0.709. The molecular weight excluding hydrogens is 402 g/mol. The Hall–Kier alpha value is -3.97. The third kappa shape index (κ3) is 5.19. The molecule has 1 heterocycles. The highest BCUT2D eigenvalue weighted by Crippen LogP contribution is 2.21. The van der Waals surface area contributed by atoms with Crippen molar-refractivity contribution in [2.75, 3.05) is 17.6 Å². The van der Waals surface area contributed by atoms with Crippen molar-refractivity contribution >= 4 is 28.4 Å². The van der Waals surface area contributed by atoms with Crippen molar-refractivity contribution in [2.45, 2.75) is 18.9 Å². The van der Waals surface area contributed by atoms with Crippen LogP contribution in [0.1, 0.15) is 11.1 Å². The number of aliphatic carboxylic acids is 1. The van der Waals surface area contributed by atoms with Crippen molar-refractivity contribution < 1.29 is 9.90 Å². The van der Waals surface area contributed by atoms with Crippen LogP contribution in [0, 0.1) is 0 Å². The lowest BCUT2D eigenvalue weighted by Gasteiger charge is -2.10. The predicted molar refractivity (Wildman–Crippen MR) is 127 cm³/mol. The molecule has 4 rings (SSSR count). The molecule has 32 heavy (non-hydrogen) atoms. The van der Waals surface area contributed by atoms with E-state index in [4.69, 9.17) is 16.6 Å². The first-order chi connectivity index (χ1) is 15.5. The maximum Gasteiger partial charge on any atom is 0.320 e. The number of nitrogens with zero attached hydrogens (tertiary/aromatic N) is 2. The van der Waals surface area contributed by atoms with Gasteiger partial charge in [0.1, 0.15) is 17.7 Å². The first-order valence-electron chi connectivity index (χ1n) is 10.4. The largest absolute Gasteiger partial charge is 0.480 e. The van der Waals surface area contributed by atoms with Gasteiger partial charge in [-0.25, -0.2) is 9.97 Å². The molecule has 162 valence electrons. The molecule has 0 spiro atoms. The van der Waals surface area contributed by atoms with Crippen LogP contribution in [0.2, 0.25) is 0 Å². The van der Waals surface area contributed by atoms with Gasteiger partial charge >= 0.3 is 5.97 Å². The SMILES string of the molecule is Nc1cc(NCCc2ccc3ccccc3c2)nc(-c2ccc(CC(N)C(=O)O)cc2)n1. The number of nitrogens with two attached hydrogens (primary N) is 2. The third-order valence-electron chi connectivity index (χ3n) is 5.26. The maximum absolute atomic E-state index is 10.9. The van der Waals surface area contributed by atoms with Crippen LogP contribution in [0.4, 0.5) is 11.6 Å². The van der Waals surface area contributed by atoms with E-state index in [9.17, 15) is 4.79 Å². The van der Waals surface area contributed by atoms with Crippen molar-refractivity contribution in [2.24, 2.45) is 5.73 Å². The lowest BCUT2D eigenvalue weighted by atomic mass is 10.0. The molecule has 7 heteroatoms. The van der Waals surface area contributed by atoms with Gasteiger partial charge in [0.25, 0.3) is 0 Å². The summed E-state index contributed by atoms with van der Waals surface area (Å²) in [7, 11) is 0. The van der Waals surface area contributed by atoms with Crippen LogP contribution in [0.25, 0.3) is 22.2 Å². The smallest absolute Gasteiger partial charge is 0.320 e. The summed E-state index contributed by atoms with van der Waals surface area (Å²) in [6, 6.07) is 22.9. The second-order valence-corrected chi connectivity index (χ2v) is 7.71. The summed E-state index contributed by atoms with van der Waals surface area (Å²) >= 11 is 0. The van der Waals surface area contributed by atoms with Crippen LogP contribution in [-0.4, -0.2) is 33.6 Å². The van der Waals surface area contributed by atoms with Crippen LogP contribution in [0.5, 0.6) is 0 Å². The number of carboxylic acid groups (broad SMARTS) is 1. The van der Waals surface area contributed by atoms with E-state index in [1.54, 1.807) is 6.07 Å². The van der Waals surface area contributed by atoms with E-state index >= 15 is 0 Å². The van der Waals surface area contributed by atoms with Gasteiger partial charge < -0.3 is 21.9 Å². The lowest BCUT2D eigenvalue weighted by molar-refractivity contribution is -0.138. The molecule has 0 amide bonds. The third-order valence-corrected chi connectivity index (χ3v) is 5.26. The highest BCUT2D eigenvalue weighted by atomic mass is 16.4. The van der Waals surface area contributed by atoms with Gasteiger partial charge in [-0.3, -0.25) is 4.79 Å². The topological polar surface area (TPSA) is 127 Å². The number of hydrogen-bond acceptors (Lipinski definition) is 6. The van der Waals surface area contributed by atoms with Crippen molar-refractivity contribution in [3.05, 3.63) is 83.9 Å². The molecule has 0 fully saturated rings. The Morgan fingerprint density at radius 3 is 2.41 bits per heavy atom. The van der Waals surface area contributed by atoms with Gasteiger partial charge in [0.15, 0.2) is 5.82 Å². The summed E-state index contributed by atoms with van der Waals surface area (Å²) < 4.78 is 0. The Kier molecular flexibility index (Phi) is 6.28. The molecule has 0 radical (unpaired) electrons. The van der Waals surface area contributed by atoms with Crippen molar-refractivity contribution in [3.8, 4) is 11.4 Å². The fraction of sp³-hybridized carbons (Fsp3) is 0.160. The first-order valence-corrected chi connectivity index (χ1v) is 10.4. The Morgan fingerprint density at radius 2 is 1.66 bits per heavy atom. The quantitative estimate of drug-likeness (QED) is 0.339. The molecule has 0 saturated carbocycles. The first kappa shape index (κ1) is 21.3. The summed E-state index contributed by atoms with van der Waals surface area (Å²) in [5, 5.41) is 14.7. The molecular formula is C25H25N5O2. The van der Waals surface area contributed by atoms with E-state index in [2.05, 4.69) is 45.6 Å². The number of aromatic nitrogens is 2. The number of hydrogen-bond donors (Lipinski definition) is 4. The van der Waals surface area contributed by atoms with Crippen LogP contribution in [-0.2, 0) is 17.6 Å². The second kappa shape index (κ2) is 9.45. The number of benzene rings is 3. The van der Waals surface area contributed by atoms with E-state index in [1.165, 1.54) is 16.3 Å². The van der Waals surface area contributed by atoms with Gasteiger partial charge in [0.2, 0.25) is 0 Å². The van der Waals surface area contributed by atoms with Crippen LogP contribution < -0.4 is 16.8 Å². The van der Waals surface area contributed by atoms with E-state index in [0.717, 1.165) is 17.5 Å². The fourth-order valence-electron chi connectivity index (χ4n) is 3.55. The zero-order valence-corrected chi connectivity index (χ0v) is 17.5. The number of rotatable bonds is 8. The number of carboxylic acids is 1. The summed E-state index contributed by atoms with van der Waals surface area (Å²) in [6.07, 6.45) is 1.11. The van der Waals surface area contributed by atoms with Gasteiger partial charge in [-0.1, -0.05) is 66.7 Å². The second-order valence-electron chi connectivity index (χ2n) is 7.71. The molecule has 1 aromatic heterocycles. The van der Waals surface area contributed by atoms with E-state index < -0.39 is 12.0 Å². The summed E-state index contributed by atoms with van der Waals surface area (Å²) in [5.74, 6) is 0.519. The predicted octanol–water partition coefficient (Wildman–Crippen LogP) is 3.49. The van der Waals surface area contributed by atoms with Gasteiger partial charge in [0.05, 0.1) is 0 Å². The van der Waals surface area contributed by atoms with Crippen molar-refractivity contribution in [1.29, 1.82) is 0 Å². The Balaban J connectivity index is 1.42. The number of anilines is 2. The number of nitrogen functional groups attached to an aromatic ring is 1. The van der Waals surface area contributed by atoms with Crippen LogP contribution in [0.15, 0.2) is 72.8 Å². The standard InChI is InChI=1S/C25H25N5O2/c26-21(25(31)32)14-16-6-9-19(10-7-16)24-29-22(27)15-23(30-24)28-12-11-17-5-8-18-3-1-2-4-20(18)13-17/h1-10,13,15,21H,11-12,14,26H2,(H,31,32)(H3,27,28,29,30). The molecule has 6 N–H and O–H groups in total. The van der Waals surface area contributed by atoms with E-state index in [1.807, 2.05) is 36.4 Å². The van der Waals surface area contributed by atoms with Crippen molar-refractivity contribution in [1.82, 2.24) is 9.97 Å². The molecule has 3 aromatic carbocycles. The van der Waals surface area contributed by atoms with Gasteiger partial charge in [-0.15, -0.1) is 0 Å². The normalized spacial score (nSPS) is 11.9.